The average Bonchev–Trinajstić information content (AvgIpc) is 2.62. The lowest BCUT2D eigenvalue weighted by Gasteiger charge is -2.22. The number of hydrogen-bond acceptors (Lipinski definition) is 6. The number of amides is 2. The van der Waals surface area contributed by atoms with E-state index in [1.54, 1.807) is 18.2 Å². The molecule has 1 aliphatic heterocycles. The van der Waals surface area contributed by atoms with Crippen LogP contribution in [0.25, 0.3) is 5.57 Å². The van der Waals surface area contributed by atoms with Gasteiger partial charge >= 0.3 is 0 Å². The number of benzene rings is 1. The predicted octanol–water partition coefficient (Wildman–Crippen LogP) is 1.57. The highest BCUT2D eigenvalue weighted by Crippen LogP contribution is 2.34. The van der Waals surface area contributed by atoms with Crippen LogP contribution in [0.15, 0.2) is 24.3 Å². The lowest BCUT2D eigenvalue weighted by molar-refractivity contribution is -0.119. The largest absolute Gasteiger partial charge is 0.493 e. The Morgan fingerprint density at radius 3 is 2.85 bits per heavy atom. The average molecular weight is 392 g/mol. The van der Waals surface area contributed by atoms with Crippen LogP contribution in [0.4, 0.5) is 0 Å². The third-order valence-corrected chi connectivity index (χ3v) is 4.52. The molecule has 1 unspecified atom stereocenters. The molecular formula is C19H24N2O5S. The van der Waals surface area contributed by atoms with Gasteiger partial charge in [0.15, 0.2) is 0 Å². The first-order valence-corrected chi connectivity index (χ1v) is 9.20. The number of ether oxygens (including phenoxy) is 2. The second-order valence-corrected chi connectivity index (χ2v) is 6.53. The number of aliphatic hydroxyl groups is 1. The molecule has 2 amide bonds. The number of primary amides is 1. The summed E-state index contributed by atoms with van der Waals surface area (Å²) in [6.07, 6.45) is 2.67. The molecule has 2 rings (SSSR count). The Kier molecular flexibility index (Phi) is 7.75. The minimum Gasteiger partial charge on any atom is -0.493 e. The summed E-state index contributed by atoms with van der Waals surface area (Å²) in [5, 5.41) is 11.6. The minimum atomic E-state index is -0.461. The molecule has 27 heavy (non-hydrogen) atoms. The molecule has 1 aromatic rings. The van der Waals surface area contributed by atoms with Crippen molar-refractivity contribution in [2.75, 3.05) is 19.8 Å². The van der Waals surface area contributed by atoms with Gasteiger partial charge in [-0.2, -0.15) is 0 Å². The quantitative estimate of drug-likeness (QED) is 0.579. The highest BCUT2D eigenvalue weighted by molar-refractivity contribution is 7.80. The van der Waals surface area contributed by atoms with Gasteiger partial charge in [-0.3, -0.25) is 9.59 Å². The van der Waals surface area contributed by atoms with Gasteiger partial charge in [0.25, 0.3) is 0 Å². The molecule has 0 aromatic heterocycles. The fourth-order valence-electron chi connectivity index (χ4n) is 2.90. The number of allylic oxidation sites excluding steroid dienone is 1. The summed E-state index contributed by atoms with van der Waals surface area (Å²) in [7, 11) is 0. The van der Waals surface area contributed by atoms with E-state index in [9.17, 15) is 9.59 Å². The van der Waals surface area contributed by atoms with Crippen LogP contribution in [0.3, 0.4) is 0 Å². The first kappa shape index (κ1) is 20.9. The lowest BCUT2D eigenvalue weighted by atomic mass is 9.90. The van der Waals surface area contributed by atoms with Crippen molar-refractivity contribution in [1.29, 1.82) is 0 Å². The number of carbonyl (C=O) groups is 2. The van der Waals surface area contributed by atoms with Crippen LogP contribution in [-0.4, -0.2) is 41.7 Å². The van der Waals surface area contributed by atoms with E-state index in [1.165, 1.54) is 6.08 Å². The van der Waals surface area contributed by atoms with Crippen LogP contribution in [0.5, 0.6) is 11.5 Å². The number of nitrogens with one attached hydrogen (secondary N) is 1. The maximum absolute atomic E-state index is 12.3. The van der Waals surface area contributed by atoms with Crippen LogP contribution >= 0.6 is 12.2 Å². The SMILES string of the molecule is CCOc1ccc(OCCO)cc1/C1=C/C(=O)NC(=S)C(CC(N)=O)CC1. The van der Waals surface area contributed by atoms with E-state index in [2.05, 4.69) is 5.32 Å². The Hall–Kier alpha value is -2.45. The van der Waals surface area contributed by atoms with Gasteiger partial charge in [-0.25, -0.2) is 0 Å². The van der Waals surface area contributed by atoms with Crippen molar-refractivity contribution in [3.63, 3.8) is 0 Å². The maximum Gasteiger partial charge on any atom is 0.249 e. The monoisotopic (exact) mass is 392 g/mol. The van der Waals surface area contributed by atoms with Crippen LogP contribution in [0.1, 0.15) is 31.7 Å². The Morgan fingerprint density at radius 2 is 2.19 bits per heavy atom. The van der Waals surface area contributed by atoms with E-state index in [1.807, 2.05) is 6.92 Å². The van der Waals surface area contributed by atoms with Crippen molar-refractivity contribution < 1.29 is 24.2 Å². The first-order chi connectivity index (χ1) is 12.9. The van der Waals surface area contributed by atoms with Crippen LogP contribution < -0.4 is 20.5 Å². The molecule has 1 aromatic carbocycles. The second kappa shape index (κ2) is 10.0. The maximum atomic E-state index is 12.3. The van der Waals surface area contributed by atoms with Crippen molar-refractivity contribution in [3.05, 3.63) is 29.8 Å². The highest BCUT2D eigenvalue weighted by atomic mass is 32.1. The zero-order chi connectivity index (χ0) is 19.8. The molecule has 1 aliphatic rings. The number of hydrogen-bond donors (Lipinski definition) is 3. The molecule has 0 saturated carbocycles. The van der Waals surface area contributed by atoms with Gasteiger partial charge in [0.2, 0.25) is 11.8 Å². The molecule has 8 heteroatoms. The fourth-order valence-corrected chi connectivity index (χ4v) is 3.20. The highest BCUT2D eigenvalue weighted by Gasteiger charge is 2.23. The summed E-state index contributed by atoms with van der Waals surface area (Å²) < 4.78 is 11.2. The van der Waals surface area contributed by atoms with E-state index in [0.29, 0.717) is 35.9 Å². The van der Waals surface area contributed by atoms with E-state index in [-0.39, 0.29) is 31.5 Å². The van der Waals surface area contributed by atoms with E-state index in [4.69, 9.17) is 32.5 Å². The summed E-state index contributed by atoms with van der Waals surface area (Å²) in [4.78, 5) is 23.9. The molecule has 0 aliphatic carbocycles. The van der Waals surface area contributed by atoms with Gasteiger partial charge in [-0.1, -0.05) is 12.2 Å². The van der Waals surface area contributed by atoms with Gasteiger partial charge in [-0.15, -0.1) is 0 Å². The Morgan fingerprint density at radius 1 is 1.41 bits per heavy atom. The summed E-state index contributed by atoms with van der Waals surface area (Å²) in [5.74, 6) is 0.0810. The number of rotatable bonds is 8. The molecule has 1 atom stereocenters. The standard InChI is InChI=1S/C19H24N2O5S/c1-2-25-16-6-5-14(26-8-7-22)11-15(16)12-3-4-13(9-17(20)23)19(27)21-18(24)10-12/h5-6,10-11,13,22H,2-4,7-9H2,1H3,(H2,20,23)(H,21,24,27)/b12-10+. The molecule has 146 valence electrons. The van der Waals surface area contributed by atoms with Crippen molar-refractivity contribution in [3.8, 4) is 11.5 Å². The molecular weight excluding hydrogens is 368 g/mol. The zero-order valence-corrected chi connectivity index (χ0v) is 16.0. The molecule has 0 bridgehead atoms. The molecule has 0 fully saturated rings. The normalized spacial score (nSPS) is 19.3. The molecule has 1 heterocycles. The van der Waals surface area contributed by atoms with Crippen molar-refractivity contribution in [2.24, 2.45) is 11.7 Å². The third-order valence-electron chi connectivity index (χ3n) is 4.09. The summed E-state index contributed by atoms with van der Waals surface area (Å²) in [5.41, 5.74) is 6.79. The minimum absolute atomic E-state index is 0.0877. The van der Waals surface area contributed by atoms with Gasteiger partial charge < -0.3 is 25.6 Å². The molecule has 7 nitrogen and oxygen atoms in total. The molecule has 4 N–H and O–H groups in total. The van der Waals surface area contributed by atoms with Gasteiger partial charge in [0.05, 0.1) is 18.2 Å². The Bertz CT molecular complexity index is 748. The molecule has 0 radical (unpaired) electrons. The Balaban J connectivity index is 2.36. The predicted molar refractivity (Wildman–Crippen MR) is 105 cm³/mol. The van der Waals surface area contributed by atoms with E-state index >= 15 is 0 Å². The number of aliphatic hydroxyl groups excluding tert-OH is 1. The topological polar surface area (TPSA) is 111 Å². The van der Waals surface area contributed by atoms with Gasteiger partial charge in [-0.05, 0) is 43.5 Å². The van der Waals surface area contributed by atoms with Gasteiger partial charge in [0, 0.05) is 24.0 Å². The fraction of sp³-hybridized carbons (Fsp3) is 0.421. The van der Waals surface area contributed by atoms with Crippen LogP contribution in [0.2, 0.25) is 0 Å². The summed E-state index contributed by atoms with van der Waals surface area (Å²) >= 11 is 5.22. The van der Waals surface area contributed by atoms with Gasteiger partial charge in [0.1, 0.15) is 18.1 Å². The number of carbonyl (C=O) groups excluding carboxylic acids is 2. The zero-order valence-electron chi connectivity index (χ0n) is 15.2. The smallest absolute Gasteiger partial charge is 0.249 e. The van der Waals surface area contributed by atoms with Crippen molar-refractivity contribution >= 4 is 34.6 Å². The van der Waals surface area contributed by atoms with Crippen LogP contribution in [0, 0.1) is 5.92 Å². The van der Waals surface area contributed by atoms with Crippen molar-refractivity contribution in [1.82, 2.24) is 5.32 Å². The van der Waals surface area contributed by atoms with Crippen LogP contribution in [-0.2, 0) is 9.59 Å². The molecule has 0 saturated heterocycles. The van der Waals surface area contributed by atoms with Crippen molar-refractivity contribution in [2.45, 2.75) is 26.2 Å². The molecule has 0 spiro atoms. The first-order valence-electron chi connectivity index (χ1n) is 8.79. The number of nitrogens with two attached hydrogens (primary N) is 1. The second-order valence-electron chi connectivity index (χ2n) is 6.09. The Labute approximate surface area is 163 Å². The summed E-state index contributed by atoms with van der Waals surface area (Å²) in [6, 6.07) is 5.30. The van der Waals surface area contributed by atoms with E-state index < -0.39 is 5.91 Å². The van der Waals surface area contributed by atoms with E-state index in [0.717, 1.165) is 11.1 Å². The summed E-state index contributed by atoms with van der Waals surface area (Å²) in [6.45, 7) is 2.42. The third kappa shape index (κ3) is 6.04. The lowest BCUT2D eigenvalue weighted by Crippen LogP contribution is -2.36. The number of thiocarbonyl (C=S) groups is 1.